The average Bonchev–Trinajstić information content (AvgIpc) is 3.25. The number of aliphatic hydroxyl groups is 2. The van der Waals surface area contributed by atoms with Crippen molar-refractivity contribution in [3.8, 4) is 0 Å². The van der Waals surface area contributed by atoms with E-state index in [1.54, 1.807) is 0 Å². The fourth-order valence-corrected chi connectivity index (χ4v) is 4.72. The third kappa shape index (κ3) is 5.42. The molecule has 2 fully saturated rings. The molecule has 1 unspecified atom stereocenters. The van der Waals surface area contributed by atoms with Gasteiger partial charge in [0.1, 0.15) is 0 Å². The second kappa shape index (κ2) is 10.2. The number of ether oxygens (including phenoxy) is 1. The smallest absolute Gasteiger partial charge is 0.0614 e. The van der Waals surface area contributed by atoms with Crippen molar-refractivity contribution in [2.24, 2.45) is 11.8 Å². The van der Waals surface area contributed by atoms with Gasteiger partial charge >= 0.3 is 0 Å². The fourth-order valence-electron chi connectivity index (χ4n) is 4.72. The molecule has 0 aliphatic carbocycles. The minimum atomic E-state index is -0.258. The minimum Gasteiger partial charge on any atom is -0.396 e. The van der Waals surface area contributed by atoms with Crippen molar-refractivity contribution in [1.29, 1.82) is 0 Å². The Kier molecular flexibility index (Phi) is 7.72. The van der Waals surface area contributed by atoms with E-state index in [-0.39, 0.29) is 6.10 Å². The molecule has 2 heterocycles. The van der Waals surface area contributed by atoms with E-state index in [1.165, 1.54) is 18.4 Å². The lowest BCUT2D eigenvalue weighted by atomic mass is 9.75. The van der Waals surface area contributed by atoms with Gasteiger partial charge in [-0.05, 0) is 75.2 Å². The van der Waals surface area contributed by atoms with E-state index >= 15 is 0 Å². The molecule has 2 saturated heterocycles. The first-order valence-corrected chi connectivity index (χ1v) is 10.4. The quantitative estimate of drug-likeness (QED) is 0.459. The van der Waals surface area contributed by atoms with Crippen molar-refractivity contribution < 1.29 is 14.9 Å². The van der Waals surface area contributed by atoms with Crippen LogP contribution in [0.3, 0.4) is 0 Å². The zero-order valence-electron chi connectivity index (χ0n) is 15.8. The van der Waals surface area contributed by atoms with Gasteiger partial charge in [0.25, 0.3) is 0 Å². The molecule has 2 aliphatic heterocycles. The molecule has 0 aromatic heterocycles. The van der Waals surface area contributed by atoms with E-state index in [1.807, 2.05) is 18.2 Å². The lowest BCUT2D eigenvalue weighted by Gasteiger charge is -2.28. The summed E-state index contributed by atoms with van der Waals surface area (Å²) in [7, 11) is 0. The summed E-state index contributed by atoms with van der Waals surface area (Å²) in [5, 5.41) is 19.3. The Morgan fingerprint density at radius 2 is 1.81 bits per heavy atom. The fraction of sp³-hybridized carbons (Fsp3) is 0.652. The third-order valence-corrected chi connectivity index (χ3v) is 6.09. The summed E-state index contributed by atoms with van der Waals surface area (Å²) in [4.78, 5) is 0. The summed E-state index contributed by atoms with van der Waals surface area (Å²) < 4.78 is 6.20. The molecule has 2 N–H and O–H groups in total. The lowest BCUT2D eigenvalue weighted by molar-refractivity contribution is 0.0837. The van der Waals surface area contributed by atoms with Gasteiger partial charge in [-0.1, -0.05) is 42.5 Å². The molecule has 0 radical (unpaired) electrons. The molecule has 0 spiro atoms. The first-order chi connectivity index (χ1) is 12.8. The van der Waals surface area contributed by atoms with Crippen LogP contribution in [-0.4, -0.2) is 35.1 Å². The molecule has 3 nitrogen and oxygen atoms in total. The van der Waals surface area contributed by atoms with Gasteiger partial charge in [0.2, 0.25) is 0 Å². The van der Waals surface area contributed by atoms with Gasteiger partial charge in [0, 0.05) is 6.61 Å². The van der Waals surface area contributed by atoms with Crippen LogP contribution in [0.1, 0.15) is 56.9 Å². The van der Waals surface area contributed by atoms with Gasteiger partial charge in [0.05, 0.1) is 18.3 Å². The van der Waals surface area contributed by atoms with E-state index in [9.17, 15) is 5.11 Å². The van der Waals surface area contributed by atoms with Crippen LogP contribution in [0.5, 0.6) is 0 Å². The van der Waals surface area contributed by atoms with Crippen molar-refractivity contribution >= 4 is 0 Å². The number of rotatable bonds is 11. The van der Waals surface area contributed by atoms with E-state index in [4.69, 9.17) is 9.84 Å². The molecular weight excluding hydrogens is 324 g/mol. The normalized spacial score (nSPS) is 28.8. The van der Waals surface area contributed by atoms with Gasteiger partial charge < -0.3 is 14.9 Å². The Hall–Kier alpha value is -1.16. The standard InChI is InChI=1S/C23H34O3/c24-16-8-3-1-2-7-11-20-21(23-15-14-22(20)26-23)13-12-19(25)17-18-9-5-4-6-10-18/h2,4-7,9-10,19-25H,1,3,8,11-17H2/t19?,20-,21+,22-,23+/m1/s1. The molecule has 26 heavy (non-hydrogen) atoms. The van der Waals surface area contributed by atoms with Crippen molar-refractivity contribution in [2.75, 3.05) is 6.61 Å². The van der Waals surface area contributed by atoms with Gasteiger partial charge in [0.15, 0.2) is 0 Å². The molecule has 1 aromatic carbocycles. The van der Waals surface area contributed by atoms with E-state index < -0.39 is 0 Å². The van der Waals surface area contributed by atoms with Crippen molar-refractivity contribution in [2.45, 2.75) is 76.1 Å². The number of hydrogen-bond donors (Lipinski definition) is 2. The van der Waals surface area contributed by atoms with Crippen molar-refractivity contribution in [3.05, 3.63) is 48.0 Å². The molecule has 2 bridgehead atoms. The van der Waals surface area contributed by atoms with Crippen LogP contribution < -0.4 is 0 Å². The van der Waals surface area contributed by atoms with Crippen LogP contribution in [0.25, 0.3) is 0 Å². The SMILES string of the molecule is OCCCCC=CC[C@@H]1[C@H](CCC(O)Cc2ccccc2)[C@@H]2CC[C@H]1O2. The highest BCUT2D eigenvalue weighted by Crippen LogP contribution is 2.47. The summed E-state index contributed by atoms with van der Waals surface area (Å²) >= 11 is 0. The highest BCUT2D eigenvalue weighted by atomic mass is 16.5. The van der Waals surface area contributed by atoms with Gasteiger partial charge in [-0.15, -0.1) is 0 Å². The summed E-state index contributed by atoms with van der Waals surface area (Å²) in [6, 6.07) is 10.3. The molecular formula is C23H34O3. The second-order valence-electron chi connectivity index (χ2n) is 7.97. The Morgan fingerprint density at radius 1 is 1.04 bits per heavy atom. The van der Waals surface area contributed by atoms with Crippen LogP contribution in [0, 0.1) is 11.8 Å². The molecule has 1 aromatic rings. The molecule has 2 aliphatic rings. The van der Waals surface area contributed by atoms with E-state index in [0.29, 0.717) is 30.7 Å². The van der Waals surface area contributed by atoms with Gasteiger partial charge in [-0.25, -0.2) is 0 Å². The number of allylic oxidation sites excluding steroid dienone is 2. The Labute approximate surface area is 158 Å². The maximum atomic E-state index is 10.4. The Bertz CT molecular complexity index is 542. The first-order valence-electron chi connectivity index (χ1n) is 10.4. The summed E-state index contributed by atoms with van der Waals surface area (Å²) in [6.45, 7) is 0.293. The van der Waals surface area contributed by atoms with Crippen LogP contribution in [0.4, 0.5) is 0 Å². The Balaban J connectivity index is 1.44. The Morgan fingerprint density at radius 3 is 2.58 bits per heavy atom. The number of hydrogen-bond acceptors (Lipinski definition) is 3. The zero-order chi connectivity index (χ0) is 18.2. The summed E-state index contributed by atoms with van der Waals surface area (Å²) in [6.07, 6.45) is 14.4. The van der Waals surface area contributed by atoms with Crippen LogP contribution in [0.2, 0.25) is 0 Å². The molecule has 0 saturated carbocycles. The predicted molar refractivity (Wildman–Crippen MR) is 105 cm³/mol. The second-order valence-corrected chi connectivity index (χ2v) is 7.97. The molecule has 3 heteroatoms. The highest BCUT2D eigenvalue weighted by Gasteiger charge is 2.47. The monoisotopic (exact) mass is 358 g/mol. The molecule has 0 amide bonds. The average molecular weight is 359 g/mol. The number of fused-ring (bicyclic) bond motifs is 2. The lowest BCUT2D eigenvalue weighted by Crippen LogP contribution is -2.28. The predicted octanol–water partition coefficient (Wildman–Crippen LogP) is 4.27. The maximum Gasteiger partial charge on any atom is 0.0614 e. The van der Waals surface area contributed by atoms with Gasteiger partial charge in [-0.3, -0.25) is 0 Å². The maximum absolute atomic E-state index is 10.4. The highest BCUT2D eigenvalue weighted by molar-refractivity contribution is 5.15. The molecule has 3 rings (SSSR count). The van der Waals surface area contributed by atoms with Gasteiger partial charge in [-0.2, -0.15) is 0 Å². The van der Waals surface area contributed by atoms with Crippen LogP contribution in [-0.2, 0) is 11.2 Å². The van der Waals surface area contributed by atoms with Crippen molar-refractivity contribution in [3.63, 3.8) is 0 Å². The minimum absolute atomic E-state index is 0.258. The molecule has 144 valence electrons. The molecule has 5 atom stereocenters. The number of unbranched alkanes of at least 4 members (excludes halogenated alkanes) is 2. The third-order valence-electron chi connectivity index (χ3n) is 6.09. The zero-order valence-corrected chi connectivity index (χ0v) is 15.8. The van der Waals surface area contributed by atoms with E-state index in [2.05, 4.69) is 24.3 Å². The van der Waals surface area contributed by atoms with Crippen LogP contribution >= 0.6 is 0 Å². The topological polar surface area (TPSA) is 49.7 Å². The van der Waals surface area contributed by atoms with Crippen LogP contribution in [0.15, 0.2) is 42.5 Å². The number of benzene rings is 1. The number of aliphatic hydroxyl groups excluding tert-OH is 2. The first kappa shape index (κ1) is 19.6. The summed E-state index contributed by atoms with van der Waals surface area (Å²) in [5.74, 6) is 1.22. The van der Waals surface area contributed by atoms with E-state index in [0.717, 1.165) is 44.9 Å². The summed E-state index contributed by atoms with van der Waals surface area (Å²) in [5.41, 5.74) is 1.21. The van der Waals surface area contributed by atoms with Crippen molar-refractivity contribution in [1.82, 2.24) is 0 Å². The largest absolute Gasteiger partial charge is 0.396 e.